The molecule has 0 saturated carbocycles. The molecule has 0 bridgehead atoms. The second-order valence-corrected chi connectivity index (χ2v) is 2.37. The van der Waals surface area contributed by atoms with Crippen LogP contribution in [-0.2, 0) is 0 Å². The minimum Gasteiger partial charge on any atom is -0.379 e. The van der Waals surface area contributed by atoms with Crippen LogP contribution in [0.4, 0.5) is 0 Å². The number of rotatable bonds is 3. The molecule has 0 aliphatic carbocycles. The highest BCUT2D eigenvalue weighted by Gasteiger charge is 1.84. The second-order valence-electron chi connectivity index (χ2n) is 1.70. The molecule has 0 rings (SSSR count). The molecular weight excluding hydrogens is 114 g/mol. The van der Waals surface area contributed by atoms with Gasteiger partial charge in [0.1, 0.15) is 0 Å². The van der Waals surface area contributed by atoms with Gasteiger partial charge in [-0.15, -0.1) is 0 Å². The summed E-state index contributed by atoms with van der Waals surface area (Å²) >= 11 is 0. The van der Waals surface area contributed by atoms with E-state index < -0.39 is 0 Å². The Balaban J connectivity index is 3.36. The van der Waals surface area contributed by atoms with E-state index in [2.05, 4.69) is 30.6 Å². The van der Waals surface area contributed by atoms with Gasteiger partial charge in [0, 0.05) is 23.3 Å². The minimum absolute atomic E-state index is 1.13. The molecule has 48 valence electrons. The lowest BCUT2D eigenvalue weighted by Gasteiger charge is -2.13. The first-order valence-corrected chi connectivity index (χ1v) is 4.37. The molecule has 0 N–H and O–H groups in total. The van der Waals surface area contributed by atoms with E-state index in [0.29, 0.717) is 0 Å². The normalized spacial score (nSPS) is 10.8. The van der Waals surface area contributed by atoms with Crippen molar-refractivity contribution in [3.05, 3.63) is 11.9 Å². The summed E-state index contributed by atoms with van der Waals surface area (Å²) in [5.41, 5.74) is 2.20. The molecule has 0 fully saturated rings. The zero-order valence-electron chi connectivity index (χ0n) is 6.02. The molecule has 0 spiro atoms. The van der Waals surface area contributed by atoms with Crippen molar-refractivity contribution in [1.82, 2.24) is 4.90 Å². The van der Waals surface area contributed by atoms with Crippen LogP contribution < -0.4 is 0 Å². The van der Waals surface area contributed by atoms with E-state index in [1.165, 1.54) is 10.2 Å². The van der Waals surface area contributed by atoms with Gasteiger partial charge in [-0.1, -0.05) is 5.70 Å². The van der Waals surface area contributed by atoms with E-state index >= 15 is 0 Å². The van der Waals surface area contributed by atoms with Crippen LogP contribution in [0.3, 0.4) is 0 Å². The number of nitrogens with zero attached hydrogens (tertiary/aromatic N) is 1. The largest absolute Gasteiger partial charge is 0.379 e. The molecule has 0 heterocycles. The molecule has 0 amide bonds. The summed E-state index contributed by atoms with van der Waals surface area (Å²) in [5, 5.41) is 0. The third-order valence-corrected chi connectivity index (χ3v) is 1.47. The maximum Gasteiger partial charge on any atom is 0.0310 e. The van der Waals surface area contributed by atoms with Crippen molar-refractivity contribution in [3.63, 3.8) is 0 Å². The lowest BCUT2D eigenvalue weighted by Crippen LogP contribution is -2.14. The Morgan fingerprint density at radius 1 is 1.38 bits per heavy atom. The SMILES string of the molecule is CCN(C=C[SiH3])CC. The predicted molar refractivity (Wildman–Crippen MR) is 42.0 cm³/mol. The molecule has 0 atom stereocenters. The summed E-state index contributed by atoms with van der Waals surface area (Å²) in [4.78, 5) is 2.28. The van der Waals surface area contributed by atoms with Crippen molar-refractivity contribution in [2.75, 3.05) is 13.1 Å². The molecule has 0 aromatic heterocycles. The number of hydrogen-bond donors (Lipinski definition) is 0. The average molecular weight is 129 g/mol. The van der Waals surface area contributed by atoms with E-state index in [4.69, 9.17) is 0 Å². The van der Waals surface area contributed by atoms with Crippen LogP contribution in [0.1, 0.15) is 13.8 Å². The maximum atomic E-state index is 2.28. The Labute approximate surface area is 54.8 Å². The molecule has 0 unspecified atom stereocenters. The van der Waals surface area contributed by atoms with Gasteiger partial charge in [-0.25, -0.2) is 0 Å². The highest BCUT2D eigenvalue weighted by molar-refractivity contribution is 6.16. The number of hydrogen-bond acceptors (Lipinski definition) is 1. The van der Waals surface area contributed by atoms with Gasteiger partial charge < -0.3 is 4.90 Å². The quantitative estimate of drug-likeness (QED) is 0.491. The molecular formula is C6H15NSi. The second kappa shape index (κ2) is 4.90. The van der Waals surface area contributed by atoms with Gasteiger partial charge in [0.2, 0.25) is 0 Å². The van der Waals surface area contributed by atoms with Gasteiger partial charge in [-0.3, -0.25) is 0 Å². The van der Waals surface area contributed by atoms with Crippen molar-refractivity contribution in [2.24, 2.45) is 0 Å². The first-order chi connectivity index (χ1) is 3.85. The van der Waals surface area contributed by atoms with Gasteiger partial charge in [0.25, 0.3) is 0 Å². The van der Waals surface area contributed by atoms with Crippen molar-refractivity contribution in [1.29, 1.82) is 0 Å². The fourth-order valence-electron chi connectivity index (χ4n) is 0.645. The summed E-state index contributed by atoms with van der Waals surface area (Å²) in [6.07, 6.45) is 2.17. The first kappa shape index (κ1) is 7.76. The first-order valence-electron chi connectivity index (χ1n) is 3.22. The van der Waals surface area contributed by atoms with E-state index in [9.17, 15) is 0 Å². The predicted octanol–water partition coefficient (Wildman–Crippen LogP) is 0.165. The Morgan fingerprint density at radius 3 is 2.00 bits per heavy atom. The maximum absolute atomic E-state index is 2.28. The van der Waals surface area contributed by atoms with Crippen LogP contribution in [0.5, 0.6) is 0 Å². The third-order valence-electron chi connectivity index (χ3n) is 1.17. The fourth-order valence-corrected chi connectivity index (χ4v) is 1.07. The molecule has 0 radical (unpaired) electrons. The summed E-state index contributed by atoms with van der Waals surface area (Å²) in [5.74, 6) is 0. The summed E-state index contributed by atoms with van der Waals surface area (Å²) in [6, 6.07) is 0. The fraction of sp³-hybridized carbons (Fsp3) is 0.667. The van der Waals surface area contributed by atoms with Gasteiger partial charge >= 0.3 is 0 Å². The molecule has 0 saturated heterocycles. The smallest absolute Gasteiger partial charge is 0.0310 e. The van der Waals surface area contributed by atoms with Crippen LogP contribution in [0.15, 0.2) is 11.9 Å². The lowest BCUT2D eigenvalue weighted by molar-refractivity contribution is 0.419. The highest BCUT2D eigenvalue weighted by Crippen LogP contribution is 1.84. The molecule has 0 aliphatic rings. The van der Waals surface area contributed by atoms with Gasteiger partial charge in [-0.2, -0.15) is 0 Å². The van der Waals surface area contributed by atoms with E-state index in [-0.39, 0.29) is 0 Å². The van der Waals surface area contributed by atoms with Crippen molar-refractivity contribution in [2.45, 2.75) is 13.8 Å². The summed E-state index contributed by atoms with van der Waals surface area (Å²) in [7, 11) is 1.17. The summed E-state index contributed by atoms with van der Waals surface area (Å²) in [6.45, 7) is 6.61. The third kappa shape index (κ3) is 2.85. The highest BCUT2D eigenvalue weighted by atomic mass is 28.1. The lowest BCUT2D eigenvalue weighted by atomic mass is 10.5. The zero-order chi connectivity index (χ0) is 6.41. The van der Waals surface area contributed by atoms with Crippen molar-refractivity contribution >= 4 is 10.2 Å². The minimum atomic E-state index is 1.13. The van der Waals surface area contributed by atoms with Crippen molar-refractivity contribution in [3.8, 4) is 0 Å². The van der Waals surface area contributed by atoms with Crippen LogP contribution in [0.25, 0.3) is 0 Å². The molecule has 0 aromatic carbocycles. The average Bonchev–Trinajstić information content (AvgIpc) is 1.83. The van der Waals surface area contributed by atoms with Gasteiger partial charge in [0.05, 0.1) is 0 Å². The van der Waals surface area contributed by atoms with Gasteiger partial charge in [0.15, 0.2) is 0 Å². The zero-order valence-corrected chi connectivity index (χ0v) is 8.02. The molecule has 0 aromatic rings. The van der Waals surface area contributed by atoms with Crippen molar-refractivity contribution < 1.29 is 0 Å². The van der Waals surface area contributed by atoms with E-state index in [1.54, 1.807) is 0 Å². The Morgan fingerprint density at radius 2 is 1.88 bits per heavy atom. The van der Waals surface area contributed by atoms with E-state index in [0.717, 1.165) is 13.1 Å². The van der Waals surface area contributed by atoms with E-state index in [1.807, 2.05) is 0 Å². The monoisotopic (exact) mass is 129 g/mol. The summed E-state index contributed by atoms with van der Waals surface area (Å²) < 4.78 is 0. The standard InChI is InChI=1S/C6H15NSi/c1-3-7(4-2)5-6-8/h5-6H,3-4H2,1-2,8H3. The molecule has 8 heavy (non-hydrogen) atoms. The van der Waals surface area contributed by atoms with Crippen LogP contribution in [-0.4, -0.2) is 28.2 Å². The Hall–Kier alpha value is -0.243. The van der Waals surface area contributed by atoms with Crippen LogP contribution >= 0.6 is 0 Å². The van der Waals surface area contributed by atoms with Crippen LogP contribution in [0, 0.1) is 0 Å². The molecule has 0 aliphatic heterocycles. The van der Waals surface area contributed by atoms with Gasteiger partial charge in [-0.05, 0) is 20.0 Å². The Bertz CT molecular complexity index is 66.9. The topological polar surface area (TPSA) is 3.24 Å². The Kier molecular flexibility index (Phi) is 4.76. The molecule has 1 nitrogen and oxygen atoms in total. The van der Waals surface area contributed by atoms with Crippen LogP contribution in [0.2, 0.25) is 0 Å². The molecule has 2 heteroatoms.